The van der Waals surface area contributed by atoms with Gasteiger partial charge in [-0.05, 0) is 54.3 Å². The minimum absolute atomic E-state index is 0.115. The lowest BCUT2D eigenvalue weighted by Crippen LogP contribution is -2.28. The summed E-state index contributed by atoms with van der Waals surface area (Å²) in [6.07, 6.45) is 1.51. The summed E-state index contributed by atoms with van der Waals surface area (Å²) in [4.78, 5) is 36.4. The second-order valence-corrected chi connectivity index (χ2v) is 7.58. The Bertz CT molecular complexity index is 1220. The summed E-state index contributed by atoms with van der Waals surface area (Å²) in [6, 6.07) is 11.7. The van der Waals surface area contributed by atoms with Gasteiger partial charge in [-0.25, -0.2) is 9.59 Å². The van der Waals surface area contributed by atoms with Crippen molar-refractivity contribution in [1.82, 2.24) is 5.32 Å². The van der Waals surface area contributed by atoms with Crippen LogP contribution in [-0.4, -0.2) is 25.0 Å². The average Bonchev–Trinajstić information content (AvgIpc) is 2.75. The fourth-order valence-corrected chi connectivity index (χ4v) is 3.26. The first kappa shape index (κ1) is 22.8. The summed E-state index contributed by atoms with van der Waals surface area (Å²) >= 11 is 0. The van der Waals surface area contributed by atoms with Gasteiger partial charge >= 0.3 is 11.6 Å². The summed E-state index contributed by atoms with van der Waals surface area (Å²) in [5.74, 6) is 0.0298. The Kier molecular flexibility index (Phi) is 7.10. The molecule has 0 aliphatic carbocycles. The fraction of sp³-hybridized carbons (Fsp3) is 0.240. The second-order valence-electron chi connectivity index (χ2n) is 7.58. The topological polar surface area (TPSA) is 94.8 Å². The molecule has 7 nitrogen and oxygen atoms in total. The molecule has 0 saturated carbocycles. The Morgan fingerprint density at radius 2 is 1.88 bits per heavy atom. The molecule has 32 heavy (non-hydrogen) atoms. The Morgan fingerprint density at radius 1 is 1.12 bits per heavy atom. The number of hydrogen-bond acceptors (Lipinski definition) is 6. The summed E-state index contributed by atoms with van der Waals surface area (Å²) in [5.41, 5.74) is 1.61. The van der Waals surface area contributed by atoms with Crippen LogP contribution in [0.4, 0.5) is 0 Å². The lowest BCUT2D eigenvalue weighted by Gasteiger charge is -2.12. The summed E-state index contributed by atoms with van der Waals surface area (Å²) in [6.45, 7) is 9.70. The van der Waals surface area contributed by atoms with Crippen LogP contribution in [0.2, 0.25) is 0 Å². The lowest BCUT2D eigenvalue weighted by molar-refractivity contribution is -0.136. The molecule has 0 aliphatic heterocycles. The van der Waals surface area contributed by atoms with Gasteiger partial charge in [0.05, 0.1) is 0 Å². The summed E-state index contributed by atoms with van der Waals surface area (Å²) in [7, 11) is 0. The number of nitrogens with one attached hydrogen (secondary N) is 1. The van der Waals surface area contributed by atoms with Gasteiger partial charge in [-0.3, -0.25) is 4.79 Å². The number of rotatable bonds is 8. The summed E-state index contributed by atoms with van der Waals surface area (Å²) in [5, 5.41) is 3.05. The highest BCUT2D eigenvalue weighted by Gasteiger charge is 2.14. The van der Waals surface area contributed by atoms with Gasteiger partial charge in [0.25, 0.3) is 5.91 Å². The maximum atomic E-state index is 12.2. The zero-order valence-electron chi connectivity index (χ0n) is 18.3. The molecular weight excluding hydrogens is 410 g/mol. The van der Waals surface area contributed by atoms with Crippen LogP contribution >= 0.6 is 0 Å². The first-order valence-electron chi connectivity index (χ1n) is 10.2. The van der Waals surface area contributed by atoms with E-state index in [0.717, 1.165) is 5.56 Å². The van der Waals surface area contributed by atoms with Crippen molar-refractivity contribution in [2.45, 2.75) is 26.7 Å². The molecular formula is C25H25NO6. The molecule has 1 heterocycles. The monoisotopic (exact) mass is 435 g/mol. The number of hydrogen-bond donors (Lipinski definition) is 1. The Hall–Kier alpha value is -3.87. The molecule has 0 bridgehead atoms. The number of amides is 1. The highest BCUT2D eigenvalue weighted by Crippen LogP contribution is 2.24. The van der Waals surface area contributed by atoms with Crippen molar-refractivity contribution in [2.24, 2.45) is 0 Å². The maximum absolute atomic E-state index is 12.2. The van der Waals surface area contributed by atoms with Gasteiger partial charge < -0.3 is 19.2 Å². The van der Waals surface area contributed by atoms with Gasteiger partial charge in [0.2, 0.25) is 0 Å². The highest BCUT2D eigenvalue weighted by atomic mass is 16.6. The molecule has 0 aliphatic rings. The third-order valence-electron chi connectivity index (χ3n) is 4.81. The van der Waals surface area contributed by atoms with Crippen molar-refractivity contribution in [3.05, 3.63) is 82.2 Å². The largest absolute Gasteiger partial charge is 0.482 e. The van der Waals surface area contributed by atoms with Crippen LogP contribution in [0.15, 0.2) is 64.3 Å². The van der Waals surface area contributed by atoms with E-state index in [1.807, 2.05) is 25.1 Å². The van der Waals surface area contributed by atoms with E-state index in [0.29, 0.717) is 17.1 Å². The van der Waals surface area contributed by atoms with Crippen molar-refractivity contribution >= 4 is 22.8 Å². The molecule has 7 heteroatoms. The zero-order valence-corrected chi connectivity index (χ0v) is 18.3. The predicted molar refractivity (Wildman–Crippen MR) is 121 cm³/mol. The molecule has 0 atom stereocenters. The van der Waals surface area contributed by atoms with Crippen LogP contribution in [-0.2, 0) is 4.79 Å². The number of benzene rings is 2. The van der Waals surface area contributed by atoms with Gasteiger partial charge in [0.1, 0.15) is 22.6 Å². The van der Waals surface area contributed by atoms with E-state index in [-0.39, 0.29) is 30.0 Å². The molecule has 2 aromatic carbocycles. The maximum Gasteiger partial charge on any atom is 0.349 e. The smallest absolute Gasteiger partial charge is 0.349 e. The van der Waals surface area contributed by atoms with E-state index in [9.17, 15) is 14.4 Å². The SMILES string of the molecule is C=CCNC(=O)c1cc2ccc(OC(=O)COc3ccc(C(C)C)c(C)c3)cc2oc1=O. The van der Waals surface area contributed by atoms with Crippen molar-refractivity contribution in [1.29, 1.82) is 0 Å². The molecule has 1 aromatic heterocycles. The van der Waals surface area contributed by atoms with Crippen LogP contribution in [0.5, 0.6) is 11.5 Å². The van der Waals surface area contributed by atoms with Crippen molar-refractivity contribution in [2.75, 3.05) is 13.2 Å². The van der Waals surface area contributed by atoms with Crippen molar-refractivity contribution < 1.29 is 23.5 Å². The molecule has 1 N–H and O–H groups in total. The van der Waals surface area contributed by atoms with E-state index < -0.39 is 17.5 Å². The second kappa shape index (κ2) is 9.96. The Labute approximate surface area is 185 Å². The highest BCUT2D eigenvalue weighted by molar-refractivity contribution is 5.96. The van der Waals surface area contributed by atoms with Crippen LogP contribution in [0, 0.1) is 6.92 Å². The minimum atomic E-state index is -0.786. The molecule has 0 unspecified atom stereocenters. The molecule has 0 saturated heterocycles. The van der Waals surface area contributed by atoms with E-state index >= 15 is 0 Å². The number of carbonyl (C=O) groups is 2. The molecule has 166 valence electrons. The Morgan fingerprint density at radius 3 is 2.56 bits per heavy atom. The molecule has 1 amide bonds. The average molecular weight is 435 g/mol. The van der Waals surface area contributed by atoms with Crippen molar-refractivity contribution in [3.8, 4) is 11.5 Å². The predicted octanol–water partition coefficient (Wildman–Crippen LogP) is 4.13. The van der Waals surface area contributed by atoms with Gasteiger partial charge in [-0.1, -0.05) is 26.0 Å². The molecule has 0 spiro atoms. The number of fused-ring (bicyclic) bond motifs is 1. The van der Waals surface area contributed by atoms with E-state index in [1.54, 1.807) is 12.1 Å². The number of carbonyl (C=O) groups excluding carboxylic acids is 2. The van der Waals surface area contributed by atoms with Crippen LogP contribution in [0.25, 0.3) is 11.0 Å². The summed E-state index contributed by atoms with van der Waals surface area (Å²) < 4.78 is 16.1. The van der Waals surface area contributed by atoms with Gasteiger partial charge in [-0.2, -0.15) is 0 Å². The van der Waals surface area contributed by atoms with Crippen LogP contribution in [0.1, 0.15) is 41.3 Å². The third kappa shape index (κ3) is 5.43. The van der Waals surface area contributed by atoms with Gasteiger partial charge in [0.15, 0.2) is 6.61 Å². The van der Waals surface area contributed by atoms with Crippen molar-refractivity contribution in [3.63, 3.8) is 0 Å². The van der Waals surface area contributed by atoms with Gasteiger partial charge in [0, 0.05) is 18.0 Å². The number of esters is 1. The van der Waals surface area contributed by atoms with Crippen LogP contribution in [0.3, 0.4) is 0 Å². The molecule has 3 rings (SSSR count). The standard InChI is InChI=1S/C25H25NO6/c1-5-10-26-24(28)21-12-17-6-7-19(13-22(17)32-25(21)29)31-23(27)14-30-18-8-9-20(15(2)3)16(4)11-18/h5-9,11-13,15H,1,10,14H2,2-4H3,(H,26,28). The quantitative estimate of drug-likeness (QED) is 0.247. The van der Waals surface area contributed by atoms with Crippen LogP contribution < -0.4 is 20.4 Å². The van der Waals surface area contributed by atoms with E-state index in [2.05, 4.69) is 25.7 Å². The normalized spacial score (nSPS) is 10.8. The Balaban J connectivity index is 1.67. The number of aryl methyl sites for hydroxylation is 1. The fourth-order valence-electron chi connectivity index (χ4n) is 3.26. The van der Waals surface area contributed by atoms with E-state index in [4.69, 9.17) is 13.9 Å². The van der Waals surface area contributed by atoms with E-state index in [1.165, 1.54) is 23.8 Å². The lowest BCUT2D eigenvalue weighted by atomic mass is 9.98. The molecule has 0 fully saturated rings. The first-order chi connectivity index (χ1) is 15.3. The first-order valence-corrected chi connectivity index (χ1v) is 10.2. The minimum Gasteiger partial charge on any atom is -0.482 e. The number of ether oxygens (including phenoxy) is 2. The molecule has 3 aromatic rings. The zero-order chi connectivity index (χ0) is 23.3. The van der Waals surface area contributed by atoms with Gasteiger partial charge in [-0.15, -0.1) is 6.58 Å². The molecule has 0 radical (unpaired) electrons. The third-order valence-corrected chi connectivity index (χ3v) is 4.81.